The van der Waals surface area contributed by atoms with Crippen molar-refractivity contribution in [2.45, 2.75) is 25.7 Å². The van der Waals surface area contributed by atoms with Crippen LogP contribution in [0, 0.1) is 11.2 Å². The Morgan fingerprint density at radius 3 is 2.52 bits per heavy atom. The molecule has 0 aliphatic carbocycles. The van der Waals surface area contributed by atoms with Crippen LogP contribution in [0.3, 0.4) is 0 Å². The van der Waals surface area contributed by atoms with E-state index >= 15 is 0 Å². The van der Waals surface area contributed by atoms with E-state index in [-0.39, 0.29) is 17.6 Å². The van der Waals surface area contributed by atoms with Crippen LogP contribution < -0.4 is 0 Å². The van der Waals surface area contributed by atoms with Crippen molar-refractivity contribution in [1.29, 1.82) is 0 Å². The molecular formula is C25H31FN2O3. The molecule has 2 amide bonds. The largest absolute Gasteiger partial charge is 0.384 e. The summed E-state index contributed by atoms with van der Waals surface area (Å²) in [5.41, 5.74) is 2.04. The van der Waals surface area contributed by atoms with Gasteiger partial charge in [-0.1, -0.05) is 36.4 Å². The van der Waals surface area contributed by atoms with Gasteiger partial charge in [-0.3, -0.25) is 9.59 Å². The highest BCUT2D eigenvalue weighted by Crippen LogP contribution is 2.36. The van der Waals surface area contributed by atoms with E-state index in [9.17, 15) is 14.0 Å². The number of nitrogens with zero attached hydrogens (tertiary/aromatic N) is 2. The van der Waals surface area contributed by atoms with E-state index in [4.69, 9.17) is 4.74 Å². The summed E-state index contributed by atoms with van der Waals surface area (Å²) in [6, 6.07) is 14.4. The summed E-state index contributed by atoms with van der Waals surface area (Å²) in [5, 5.41) is 0. The third kappa shape index (κ3) is 5.50. The number of rotatable bonds is 7. The lowest BCUT2D eigenvalue weighted by Crippen LogP contribution is -2.54. The molecule has 2 aromatic rings. The van der Waals surface area contributed by atoms with Gasteiger partial charge in [0, 0.05) is 34.3 Å². The Hall–Kier alpha value is -2.73. The van der Waals surface area contributed by atoms with Crippen molar-refractivity contribution >= 4 is 11.8 Å². The normalized spacial score (nSPS) is 18.6. The monoisotopic (exact) mass is 426 g/mol. The summed E-state index contributed by atoms with van der Waals surface area (Å²) >= 11 is 0. The molecule has 0 bridgehead atoms. The predicted octanol–water partition coefficient (Wildman–Crippen LogP) is 3.77. The Morgan fingerprint density at radius 1 is 1.13 bits per heavy atom. The van der Waals surface area contributed by atoms with E-state index in [1.165, 1.54) is 12.1 Å². The number of ether oxygens (including phenoxy) is 1. The number of carbonyl (C=O) groups is 2. The number of carbonyl (C=O) groups excluding carboxylic acids is 2. The lowest BCUT2D eigenvalue weighted by Gasteiger charge is -2.43. The Kier molecular flexibility index (Phi) is 7.44. The molecule has 1 atom stereocenters. The van der Waals surface area contributed by atoms with Gasteiger partial charge in [0.25, 0.3) is 0 Å². The minimum atomic E-state index is -0.676. The number of likely N-dealkylation sites (tertiary alicyclic amines) is 1. The van der Waals surface area contributed by atoms with Crippen LogP contribution in [-0.2, 0) is 20.7 Å². The van der Waals surface area contributed by atoms with Crippen LogP contribution in [0.2, 0.25) is 0 Å². The fourth-order valence-electron chi connectivity index (χ4n) is 4.48. The highest BCUT2D eigenvalue weighted by molar-refractivity contribution is 5.85. The van der Waals surface area contributed by atoms with E-state index in [2.05, 4.69) is 0 Å². The highest BCUT2D eigenvalue weighted by Gasteiger charge is 2.44. The van der Waals surface area contributed by atoms with Gasteiger partial charge in [-0.25, -0.2) is 4.39 Å². The van der Waals surface area contributed by atoms with Crippen LogP contribution in [0.1, 0.15) is 24.8 Å². The first-order valence-corrected chi connectivity index (χ1v) is 10.7. The fraction of sp³-hybridized carbons (Fsp3) is 0.440. The van der Waals surface area contributed by atoms with Gasteiger partial charge in [0.1, 0.15) is 5.82 Å². The van der Waals surface area contributed by atoms with Gasteiger partial charge in [-0.05, 0) is 48.1 Å². The number of hydrogen-bond acceptors (Lipinski definition) is 3. The molecule has 1 fully saturated rings. The summed E-state index contributed by atoms with van der Waals surface area (Å²) in [4.78, 5) is 29.4. The Balaban J connectivity index is 1.89. The molecular weight excluding hydrogens is 395 g/mol. The molecule has 5 nitrogen and oxygen atoms in total. The molecule has 0 N–H and O–H groups in total. The maximum atomic E-state index is 13.7. The van der Waals surface area contributed by atoms with Crippen molar-refractivity contribution in [1.82, 2.24) is 9.80 Å². The lowest BCUT2D eigenvalue weighted by molar-refractivity contribution is -0.147. The molecule has 2 aromatic carbocycles. The van der Waals surface area contributed by atoms with Crippen molar-refractivity contribution in [2.75, 3.05) is 40.9 Å². The van der Waals surface area contributed by atoms with Gasteiger partial charge in [0.05, 0.1) is 18.4 Å². The fourth-order valence-corrected chi connectivity index (χ4v) is 4.48. The number of methoxy groups -OCH3 is 1. The molecule has 0 aromatic heterocycles. The van der Waals surface area contributed by atoms with E-state index in [1.807, 2.05) is 30.3 Å². The van der Waals surface area contributed by atoms with Gasteiger partial charge in [0.15, 0.2) is 0 Å². The highest BCUT2D eigenvalue weighted by atomic mass is 19.1. The van der Waals surface area contributed by atoms with Crippen LogP contribution in [-0.4, -0.2) is 62.5 Å². The van der Waals surface area contributed by atoms with E-state index in [1.54, 1.807) is 37.1 Å². The molecule has 166 valence electrons. The Morgan fingerprint density at radius 2 is 1.84 bits per heavy atom. The third-order valence-electron chi connectivity index (χ3n) is 5.94. The molecule has 0 spiro atoms. The van der Waals surface area contributed by atoms with Crippen LogP contribution >= 0.6 is 0 Å². The zero-order chi connectivity index (χ0) is 22.4. The number of benzene rings is 2. The summed E-state index contributed by atoms with van der Waals surface area (Å²) in [6.07, 6.45) is 2.35. The smallest absolute Gasteiger partial charge is 0.230 e. The SMILES string of the molecule is COCCC(=O)N1CCCC(Cc2cccc(-c3cccc(F)c3)c2)(C(=O)N(C)C)C1. The first-order valence-electron chi connectivity index (χ1n) is 10.7. The van der Waals surface area contributed by atoms with Gasteiger partial charge in [-0.2, -0.15) is 0 Å². The van der Waals surface area contributed by atoms with Crippen LogP contribution in [0.15, 0.2) is 48.5 Å². The quantitative estimate of drug-likeness (QED) is 0.677. The summed E-state index contributed by atoms with van der Waals surface area (Å²) < 4.78 is 18.7. The molecule has 1 heterocycles. The van der Waals surface area contributed by atoms with Crippen molar-refractivity contribution in [3.8, 4) is 11.1 Å². The van der Waals surface area contributed by atoms with E-state index < -0.39 is 5.41 Å². The average molecular weight is 427 g/mol. The molecule has 0 saturated carbocycles. The minimum absolute atomic E-state index is 0.0194. The van der Waals surface area contributed by atoms with Crippen molar-refractivity contribution in [3.05, 3.63) is 59.9 Å². The predicted molar refractivity (Wildman–Crippen MR) is 119 cm³/mol. The number of hydrogen-bond donors (Lipinski definition) is 0. The molecule has 3 rings (SSSR count). The first-order chi connectivity index (χ1) is 14.8. The van der Waals surface area contributed by atoms with Gasteiger partial charge in [-0.15, -0.1) is 0 Å². The zero-order valence-electron chi connectivity index (χ0n) is 18.6. The maximum Gasteiger partial charge on any atom is 0.230 e. The number of halogens is 1. The molecule has 0 radical (unpaired) electrons. The van der Waals surface area contributed by atoms with Crippen molar-refractivity contribution in [2.24, 2.45) is 5.41 Å². The third-order valence-corrected chi connectivity index (χ3v) is 5.94. The standard InChI is InChI=1S/C25H31FN2O3/c1-27(2)24(30)25(12-6-13-28(18-25)23(29)11-14-31-3)17-19-7-4-8-20(15-19)21-9-5-10-22(26)16-21/h4-5,7-10,15-16H,6,11-14,17-18H2,1-3H3. The van der Waals surface area contributed by atoms with Crippen LogP contribution in [0.25, 0.3) is 11.1 Å². The molecule has 31 heavy (non-hydrogen) atoms. The second-order valence-electron chi connectivity index (χ2n) is 8.53. The zero-order valence-corrected chi connectivity index (χ0v) is 18.6. The second kappa shape index (κ2) is 10.1. The maximum absolute atomic E-state index is 13.7. The van der Waals surface area contributed by atoms with E-state index in [0.29, 0.717) is 32.5 Å². The van der Waals surface area contributed by atoms with Crippen molar-refractivity contribution < 1.29 is 18.7 Å². The summed E-state index contributed by atoms with van der Waals surface area (Å²) in [5.74, 6) is -0.224. The molecule has 1 aliphatic heterocycles. The first kappa shape index (κ1) is 22.9. The van der Waals surface area contributed by atoms with Crippen LogP contribution in [0.4, 0.5) is 4.39 Å². The molecule has 6 heteroatoms. The second-order valence-corrected chi connectivity index (χ2v) is 8.53. The van der Waals surface area contributed by atoms with E-state index in [0.717, 1.165) is 29.5 Å². The topological polar surface area (TPSA) is 49.9 Å². The van der Waals surface area contributed by atoms with Gasteiger partial charge >= 0.3 is 0 Å². The Labute approximate surface area is 183 Å². The van der Waals surface area contributed by atoms with Crippen molar-refractivity contribution in [3.63, 3.8) is 0 Å². The van der Waals surface area contributed by atoms with Gasteiger partial charge in [0.2, 0.25) is 11.8 Å². The lowest BCUT2D eigenvalue weighted by atomic mass is 9.73. The number of piperidine rings is 1. The summed E-state index contributed by atoms with van der Waals surface area (Å²) in [6.45, 7) is 1.44. The average Bonchev–Trinajstić information content (AvgIpc) is 2.77. The molecule has 1 unspecified atom stereocenters. The number of amides is 2. The minimum Gasteiger partial charge on any atom is -0.384 e. The Bertz CT molecular complexity index is 930. The van der Waals surface area contributed by atoms with Gasteiger partial charge < -0.3 is 14.5 Å². The van der Waals surface area contributed by atoms with Crippen LogP contribution in [0.5, 0.6) is 0 Å². The molecule has 1 saturated heterocycles. The molecule has 1 aliphatic rings. The summed E-state index contributed by atoms with van der Waals surface area (Å²) in [7, 11) is 5.10.